The molecule has 2 aromatic rings. The maximum Gasteiger partial charge on any atom is 0.263 e. The predicted molar refractivity (Wildman–Crippen MR) is 106 cm³/mol. The first-order valence-corrected chi connectivity index (χ1v) is 10.3. The Morgan fingerprint density at radius 2 is 1.89 bits per heavy atom. The average molecular weight is 385 g/mol. The molecule has 3 rings (SSSR count). The van der Waals surface area contributed by atoms with Crippen LogP contribution in [-0.4, -0.2) is 26.2 Å². The zero-order valence-electron chi connectivity index (χ0n) is 15.6. The van der Waals surface area contributed by atoms with Crippen LogP contribution >= 0.6 is 0 Å². The summed E-state index contributed by atoms with van der Waals surface area (Å²) in [5.74, 6) is 0.178. The molecule has 1 aliphatic rings. The largest absolute Gasteiger partial charge is 0.324 e. The number of amides is 1. The molecular weight excluding hydrogens is 362 g/mol. The van der Waals surface area contributed by atoms with Gasteiger partial charge in [0, 0.05) is 11.3 Å². The Bertz CT molecular complexity index is 997. The minimum Gasteiger partial charge on any atom is -0.324 e. The zero-order chi connectivity index (χ0) is 19.6. The van der Waals surface area contributed by atoms with E-state index in [1.807, 2.05) is 45.0 Å². The van der Waals surface area contributed by atoms with Crippen LogP contribution in [0.3, 0.4) is 0 Å². The van der Waals surface area contributed by atoms with Gasteiger partial charge in [-0.2, -0.15) is 0 Å². The molecule has 142 valence electrons. The van der Waals surface area contributed by atoms with Crippen molar-refractivity contribution in [3.63, 3.8) is 0 Å². The van der Waals surface area contributed by atoms with E-state index in [2.05, 4.69) is 15.0 Å². The van der Waals surface area contributed by atoms with Gasteiger partial charge in [-0.3, -0.25) is 14.5 Å². The number of hydrogen-bond donors (Lipinski definition) is 2. The van der Waals surface area contributed by atoms with Crippen LogP contribution in [0.5, 0.6) is 0 Å². The number of sulfonamides is 1. The van der Waals surface area contributed by atoms with E-state index in [0.29, 0.717) is 17.7 Å². The van der Waals surface area contributed by atoms with Crippen LogP contribution in [0.1, 0.15) is 31.4 Å². The van der Waals surface area contributed by atoms with Gasteiger partial charge in [-0.15, -0.1) is 0 Å². The number of aliphatic imine (C=N–C) groups is 1. The van der Waals surface area contributed by atoms with Gasteiger partial charge >= 0.3 is 0 Å². The van der Waals surface area contributed by atoms with Gasteiger partial charge in [0.2, 0.25) is 5.91 Å². The van der Waals surface area contributed by atoms with Crippen molar-refractivity contribution in [2.45, 2.75) is 38.1 Å². The van der Waals surface area contributed by atoms with Gasteiger partial charge in [0.15, 0.2) is 0 Å². The summed E-state index contributed by atoms with van der Waals surface area (Å²) in [4.78, 5) is 17.5. The van der Waals surface area contributed by atoms with E-state index in [1.165, 1.54) is 6.07 Å². The van der Waals surface area contributed by atoms with E-state index in [1.54, 1.807) is 18.2 Å². The monoisotopic (exact) mass is 385 g/mol. The molecule has 0 spiro atoms. The number of rotatable bonds is 5. The van der Waals surface area contributed by atoms with Gasteiger partial charge in [-0.25, -0.2) is 8.42 Å². The molecule has 1 unspecified atom stereocenters. The fourth-order valence-corrected chi connectivity index (χ4v) is 4.24. The molecule has 0 bridgehead atoms. The number of hydrogen-bond acceptors (Lipinski definition) is 4. The molecule has 0 radical (unpaired) electrons. The summed E-state index contributed by atoms with van der Waals surface area (Å²) in [5.41, 5.74) is 2.23. The smallest absolute Gasteiger partial charge is 0.263 e. The molecule has 2 N–H and O–H groups in total. The minimum absolute atomic E-state index is 0.186. The van der Waals surface area contributed by atoms with Crippen LogP contribution in [0, 0.1) is 12.8 Å². The highest BCUT2D eigenvalue weighted by atomic mass is 32.2. The molecule has 0 fully saturated rings. The Balaban J connectivity index is 1.92. The van der Waals surface area contributed by atoms with Crippen molar-refractivity contribution in [2.75, 3.05) is 5.32 Å². The number of carbonyl (C=O) groups excluding carboxylic acids is 1. The van der Waals surface area contributed by atoms with Crippen molar-refractivity contribution in [2.24, 2.45) is 10.9 Å². The summed E-state index contributed by atoms with van der Waals surface area (Å²) in [6.45, 7) is 5.95. The van der Waals surface area contributed by atoms with Gasteiger partial charge in [0.1, 0.15) is 11.9 Å². The lowest BCUT2D eigenvalue weighted by atomic mass is 10.0. The van der Waals surface area contributed by atoms with E-state index in [4.69, 9.17) is 0 Å². The Kier molecular flexibility index (Phi) is 5.32. The lowest BCUT2D eigenvalue weighted by molar-refractivity contribution is -0.117. The molecule has 6 nitrogen and oxygen atoms in total. The van der Waals surface area contributed by atoms with E-state index >= 15 is 0 Å². The van der Waals surface area contributed by atoms with Crippen molar-refractivity contribution in [1.29, 1.82) is 0 Å². The van der Waals surface area contributed by atoms with Crippen molar-refractivity contribution in [1.82, 2.24) is 4.72 Å². The van der Waals surface area contributed by atoms with Crippen LogP contribution in [0.25, 0.3) is 0 Å². The van der Waals surface area contributed by atoms with Gasteiger partial charge in [-0.05, 0) is 49.1 Å². The second-order valence-corrected chi connectivity index (χ2v) is 8.73. The van der Waals surface area contributed by atoms with Gasteiger partial charge < -0.3 is 5.32 Å². The normalized spacial score (nSPS) is 17.4. The maximum atomic E-state index is 12.8. The maximum absolute atomic E-state index is 12.8. The van der Waals surface area contributed by atoms with E-state index < -0.39 is 16.1 Å². The molecule has 0 saturated carbocycles. The fourth-order valence-electron chi connectivity index (χ4n) is 3.00. The first-order valence-electron chi connectivity index (χ1n) is 8.84. The molecule has 1 amide bonds. The SMILES string of the molecule is Cc1cccc(NC(=O)C(CC(C)C)N=C2NS(=O)(=O)c3ccccc32)c1. The number of aryl methyl sites for hydroxylation is 1. The van der Waals surface area contributed by atoms with Crippen LogP contribution in [-0.2, 0) is 14.8 Å². The third kappa shape index (κ3) is 4.36. The molecule has 1 heterocycles. The van der Waals surface area contributed by atoms with Crippen LogP contribution in [0.15, 0.2) is 58.4 Å². The molecular formula is C20H23N3O3S. The van der Waals surface area contributed by atoms with E-state index in [0.717, 1.165) is 5.56 Å². The quantitative estimate of drug-likeness (QED) is 0.829. The molecule has 0 saturated heterocycles. The highest BCUT2D eigenvalue weighted by Gasteiger charge is 2.32. The zero-order valence-corrected chi connectivity index (χ0v) is 16.4. The number of amidine groups is 1. The van der Waals surface area contributed by atoms with Crippen LogP contribution in [0.2, 0.25) is 0 Å². The molecule has 1 atom stereocenters. The Morgan fingerprint density at radius 3 is 2.59 bits per heavy atom. The number of nitrogens with zero attached hydrogens (tertiary/aromatic N) is 1. The Labute approximate surface area is 159 Å². The second kappa shape index (κ2) is 7.52. The van der Waals surface area contributed by atoms with Crippen molar-refractivity contribution >= 4 is 27.5 Å². The Morgan fingerprint density at radius 1 is 1.15 bits per heavy atom. The van der Waals surface area contributed by atoms with Crippen molar-refractivity contribution in [3.8, 4) is 0 Å². The van der Waals surface area contributed by atoms with Gasteiger partial charge in [0.05, 0.1) is 4.90 Å². The minimum atomic E-state index is -3.63. The van der Waals surface area contributed by atoms with Gasteiger partial charge in [0.25, 0.3) is 10.0 Å². The average Bonchev–Trinajstić information content (AvgIpc) is 2.85. The molecule has 0 aliphatic carbocycles. The predicted octanol–water partition coefficient (Wildman–Crippen LogP) is 3.09. The van der Waals surface area contributed by atoms with Crippen molar-refractivity contribution < 1.29 is 13.2 Å². The summed E-state index contributed by atoms with van der Waals surface area (Å²) < 4.78 is 27.0. The molecule has 0 aromatic heterocycles. The van der Waals surface area contributed by atoms with Gasteiger partial charge in [-0.1, -0.05) is 38.1 Å². The standard InChI is InChI=1S/C20H23N3O3S/c1-13(2)11-17(20(24)21-15-8-6-7-14(3)12-15)22-19-16-9-4-5-10-18(16)27(25,26)23-19/h4-10,12-13,17H,11H2,1-3H3,(H,21,24)(H,22,23). The number of anilines is 1. The first kappa shape index (κ1) is 19.1. The molecule has 27 heavy (non-hydrogen) atoms. The molecule has 7 heteroatoms. The summed E-state index contributed by atoms with van der Waals surface area (Å²) in [7, 11) is -3.63. The highest BCUT2D eigenvalue weighted by molar-refractivity contribution is 7.90. The highest BCUT2D eigenvalue weighted by Crippen LogP contribution is 2.23. The number of nitrogens with one attached hydrogen (secondary N) is 2. The third-order valence-electron chi connectivity index (χ3n) is 4.23. The lowest BCUT2D eigenvalue weighted by Gasteiger charge is -2.16. The fraction of sp³-hybridized carbons (Fsp3) is 0.300. The molecule has 1 aliphatic heterocycles. The number of carbonyl (C=O) groups is 1. The van der Waals surface area contributed by atoms with E-state index in [9.17, 15) is 13.2 Å². The molecule has 2 aromatic carbocycles. The summed E-state index contributed by atoms with van der Waals surface area (Å²) >= 11 is 0. The van der Waals surface area contributed by atoms with E-state index in [-0.39, 0.29) is 22.6 Å². The van der Waals surface area contributed by atoms with Crippen LogP contribution in [0.4, 0.5) is 5.69 Å². The summed E-state index contributed by atoms with van der Waals surface area (Å²) in [6, 6.07) is 13.5. The van der Waals surface area contributed by atoms with Crippen LogP contribution < -0.4 is 10.0 Å². The first-order chi connectivity index (χ1) is 12.8. The topological polar surface area (TPSA) is 87.6 Å². The summed E-state index contributed by atoms with van der Waals surface area (Å²) in [5, 5.41) is 2.88. The second-order valence-electron chi connectivity index (χ2n) is 7.08. The van der Waals surface area contributed by atoms with Crippen molar-refractivity contribution in [3.05, 3.63) is 59.7 Å². The Hall–Kier alpha value is -2.67. The summed E-state index contributed by atoms with van der Waals surface area (Å²) in [6.07, 6.45) is 0.505. The lowest BCUT2D eigenvalue weighted by Crippen LogP contribution is -2.31. The third-order valence-corrected chi connectivity index (χ3v) is 5.63. The number of benzene rings is 2. The number of fused-ring (bicyclic) bond motifs is 1.